The van der Waals surface area contributed by atoms with Crippen LogP contribution in [0.1, 0.15) is 39.2 Å². The fourth-order valence-corrected chi connectivity index (χ4v) is 6.34. The molecule has 180 valence electrons. The van der Waals surface area contributed by atoms with E-state index in [2.05, 4.69) is 10.3 Å². The lowest BCUT2D eigenvalue weighted by Crippen LogP contribution is -2.14. The standard InChI is InChI=1S/C28H23N3O3S2/c32-27(30-20-9-3-1-4-10-20)26-22-13-7-8-14-24(22)36-28(26)29-18-19-15-16-25(23(17-19)31(33)34)35-21-11-5-2-6-12-21/h1-6,9-12,15-18H,7-8,13-14H2,(H,30,32). The Morgan fingerprint density at radius 3 is 2.47 bits per heavy atom. The van der Waals surface area contributed by atoms with Crippen LogP contribution in [0.25, 0.3) is 0 Å². The van der Waals surface area contributed by atoms with Gasteiger partial charge >= 0.3 is 0 Å². The lowest BCUT2D eigenvalue weighted by molar-refractivity contribution is -0.387. The summed E-state index contributed by atoms with van der Waals surface area (Å²) in [5, 5.41) is 15.4. The van der Waals surface area contributed by atoms with Crippen LogP contribution in [0.3, 0.4) is 0 Å². The molecule has 0 saturated carbocycles. The van der Waals surface area contributed by atoms with E-state index in [0.717, 1.165) is 41.8 Å². The number of aryl methyl sites for hydroxylation is 1. The Balaban J connectivity index is 1.45. The number of rotatable bonds is 7. The van der Waals surface area contributed by atoms with Crippen LogP contribution in [0.4, 0.5) is 16.4 Å². The van der Waals surface area contributed by atoms with E-state index in [1.165, 1.54) is 34.0 Å². The van der Waals surface area contributed by atoms with Crippen LogP contribution in [0, 0.1) is 10.1 Å². The van der Waals surface area contributed by atoms with Gasteiger partial charge in [0.25, 0.3) is 11.6 Å². The Hall–Kier alpha value is -3.75. The average molecular weight is 514 g/mol. The first-order chi connectivity index (χ1) is 17.6. The maximum absolute atomic E-state index is 13.3. The molecule has 0 fully saturated rings. The van der Waals surface area contributed by atoms with Gasteiger partial charge in [0.2, 0.25) is 0 Å². The molecule has 1 amide bonds. The lowest BCUT2D eigenvalue weighted by Gasteiger charge is -2.12. The van der Waals surface area contributed by atoms with Crippen molar-refractivity contribution >= 4 is 51.6 Å². The first kappa shape index (κ1) is 24.0. The molecule has 0 spiro atoms. The molecule has 0 aliphatic heterocycles. The summed E-state index contributed by atoms with van der Waals surface area (Å²) in [5.74, 6) is -0.173. The maximum atomic E-state index is 13.3. The molecule has 1 aliphatic rings. The third-order valence-electron chi connectivity index (χ3n) is 5.89. The molecule has 0 unspecified atom stereocenters. The van der Waals surface area contributed by atoms with E-state index in [4.69, 9.17) is 0 Å². The molecule has 4 aromatic rings. The number of carbonyl (C=O) groups excluding carboxylic acids is 1. The van der Waals surface area contributed by atoms with Gasteiger partial charge in [-0.1, -0.05) is 54.2 Å². The fraction of sp³-hybridized carbons (Fsp3) is 0.143. The van der Waals surface area contributed by atoms with Crippen LogP contribution in [-0.2, 0) is 12.8 Å². The number of anilines is 1. The Morgan fingerprint density at radius 1 is 1.00 bits per heavy atom. The Morgan fingerprint density at radius 2 is 1.72 bits per heavy atom. The molecule has 1 aromatic heterocycles. The molecule has 1 aliphatic carbocycles. The third kappa shape index (κ3) is 5.40. The number of nitrogens with zero attached hydrogens (tertiary/aromatic N) is 2. The highest BCUT2D eigenvalue weighted by Gasteiger charge is 2.25. The number of nitro groups is 1. The van der Waals surface area contributed by atoms with Crippen molar-refractivity contribution in [3.05, 3.63) is 111 Å². The van der Waals surface area contributed by atoms with Crippen LogP contribution >= 0.6 is 23.1 Å². The van der Waals surface area contributed by atoms with Gasteiger partial charge in [-0.15, -0.1) is 11.3 Å². The average Bonchev–Trinajstić information content (AvgIpc) is 3.28. The van der Waals surface area contributed by atoms with Crippen molar-refractivity contribution < 1.29 is 9.72 Å². The van der Waals surface area contributed by atoms with Gasteiger partial charge in [-0.2, -0.15) is 0 Å². The second kappa shape index (κ2) is 10.9. The van der Waals surface area contributed by atoms with Crippen molar-refractivity contribution in [3.63, 3.8) is 0 Å². The number of nitrogens with one attached hydrogen (secondary N) is 1. The molecule has 0 saturated heterocycles. The summed E-state index contributed by atoms with van der Waals surface area (Å²) in [6.07, 6.45) is 5.56. The Kier molecular flexibility index (Phi) is 7.25. The fourth-order valence-electron chi connectivity index (χ4n) is 4.18. The number of para-hydroxylation sites is 1. The van der Waals surface area contributed by atoms with Crippen molar-refractivity contribution in [1.82, 2.24) is 0 Å². The summed E-state index contributed by atoms with van der Waals surface area (Å²) >= 11 is 2.89. The first-order valence-corrected chi connectivity index (χ1v) is 13.3. The SMILES string of the molecule is O=C(Nc1ccccc1)c1c(N=Cc2ccc(Sc3ccccc3)c([N+](=O)[O-])c2)sc2c1CCCC2. The van der Waals surface area contributed by atoms with Gasteiger partial charge < -0.3 is 5.32 Å². The van der Waals surface area contributed by atoms with Crippen molar-refractivity contribution in [2.45, 2.75) is 35.5 Å². The van der Waals surface area contributed by atoms with E-state index >= 15 is 0 Å². The molecule has 1 heterocycles. The van der Waals surface area contributed by atoms with E-state index in [1.54, 1.807) is 12.3 Å². The number of amides is 1. The quantitative estimate of drug-likeness (QED) is 0.156. The van der Waals surface area contributed by atoms with Gasteiger partial charge in [0.05, 0.1) is 15.4 Å². The van der Waals surface area contributed by atoms with Crippen LogP contribution < -0.4 is 5.32 Å². The Bertz CT molecular complexity index is 1430. The zero-order chi connectivity index (χ0) is 24.9. The molecule has 0 radical (unpaired) electrons. The molecule has 36 heavy (non-hydrogen) atoms. The topological polar surface area (TPSA) is 84.6 Å². The second-order valence-corrected chi connectivity index (χ2v) is 10.6. The number of nitro benzene ring substituents is 1. The number of carbonyl (C=O) groups is 1. The zero-order valence-corrected chi connectivity index (χ0v) is 21.0. The van der Waals surface area contributed by atoms with Gasteiger partial charge in [0.15, 0.2) is 0 Å². The third-order valence-corrected chi connectivity index (χ3v) is 8.17. The summed E-state index contributed by atoms with van der Waals surface area (Å²) in [7, 11) is 0. The molecule has 1 N–H and O–H groups in total. The van der Waals surface area contributed by atoms with Crippen LogP contribution in [0.5, 0.6) is 0 Å². The van der Waals surface area contributed by atoms with E-state index < -0.39 is 0 Å². The molecular formula is C28H23N3O3S2. The maximum Gasteiger partial charge on any atom is 0.283 e. The van der Waals surface area contributed by atoms with Crippen LogP contribution in [-0.4, -0.2) is 17.0 Å². The van der Waals surface area contributed by atoms with Crippen LogP contribution in [0.15, 0.2) is 93.6 Å². The molecule has 5 rings (SSSR count). The number of benzene rings is 3. The minimum atomic E-state index is -0.370. The highest BCUT2D eigenvalue weighted by molar-refractivity contribution is 7.99. The minimum Gasteiger partial charge on any atom is -0.322 e. The number of fused-ring (bicyclic) bond motifs is 1. The van der Waals surface area contributed by atoms with E-state index in [1.807, 2.05) is 66.7 Å². The lowest BCUT2D eigenvalue weighted by atomic mass is 9.95. The van der Waals surface area contributed by atoms with E-state index in [0.29, 0.717) is 21.0 Å². The van der Waals surface area contributed by atoms with E-state index in [9.17, 15) is 14.9 Å². The summed E-state index contributed by atoms with van der Waals surface area (Å²) in [5.41, 5.74) is 3.06. The highest BCUT2D eigenvalue weighted by Crippen LogP contribution is 2.40. The number of aliphatic imine (C=N–C) groups is 1. The Labute approximate surface area is 217 Å². The minimum absolute atomic E-state index is 0.0281. The normalized spacial score (nSPS) is 12.9. The summed E-state index contributed by atoms with van der Waals surface area (Å²) < 4.78 is 0. The summed E-state index contributed by atoms with van der Waals surface area (Å²) in [4.78, 5) is 32.0. The van der Waals surface area contributed by atoms with Crippen LogP contribution in [0.2, 0.25) is 0 Å². The van der Waals surface area contributed by atoms with Crippen molar-refractivity contribution in [1.29, 1.82) is 0 Å². The number of thiophene rings is 1. The monoisotopic (exact) mass is 513 g/mol. The second-order valence-electron chi connectivity index (χ2n) is 8.37. The molecular weight excluding hydrogens is 490 g/mol. The van der Waals surface area contributed by atoms with Gasteiger partial charge in [-0.3, -0.25) is 14.9 Å². The van der Waals surface area contributed by atoms with Gasteiger partial charge in [-0.25, -0.2) is 4.99 Å². The summed E-state index contributed by atoms with van der Waals surface area (Å²) in [6.45, 7) is 0. The predicted octanol–water partition coefficient (Wildman–Crippen LogP) is 7.69. The molecule has 0 atom stereocenters. The van der Waals surface area contributed by atoms with Crippen molar-refractivity contribution in [3.8, 4) is 0 Å². The van der Waals surface area contributed by atoms with Gasteiger partial charge in [-0.05, 0) is 67.1 Å². The zero-order valence-electron chi connectivity index (χ0n) is 19.3. The van der Waals surface area contributed by atoms with Gasteiger partial charge in [0, 0.05) is 27.7 Å². The number of hydrogen-bond donors (Lipinski definition) is 1. The van der Waals surface area contributed by atoms with Gasteiger partial charge in [0.1, 0.15) is 5.00 Å². The molecule has 3 aromatic carbocycles. The molecule has 8 heteroatoms. The summed E-state index contributed by atoms with van der Waals surface area (Å²) in [6, 6.07) is 24.0. The molecule has 6 nitrogen and oxygen atoms in total. The smallest absolute Gasteiger partial charge is 0.283 e. The van der Waals surface area contributed by atoms with Crippen molar-refractivity contribution in [2.24, 2.45) is 4.99 Å². The van der Waals surface area contributed by atoms with E-state index in [-0.39, 0.29) is 16.5 Å². The molecule has 0 bridgehead atoms. The highest BCUT2D eigenvalue weighted by atomic mass is 32.2. The predicted molar refractivity (Wildman–Crippen MR) is 146 cm³/mol. The largest absolute Gasteiger partial charge is 0.322 e. The first-order valence-electron chi connectivity index (χ1n) is 11.6. The van der Waals surface area contributed by atoms with Crippen molar-refractivity contribution in [2.75, 3.05) is 5.32 Å². The number of hydrogen-bond acceptors (Lipinski definition) is 6.